The van der Waals surface area contributed by atoms with Crippen LogP contribution in [0, 0.1) is 11.3 Å². The van der Waals surface area contributed by atoms with Crippen molar-refractivity contribution in [2.45, 2.75) is 13.2 Å². The molecule has 0 bridgehead atoms. The van der Waals surface area contributed by atoms with Crippen LogP contribution in [-0.2, 0) is 22.7 Å². The minimum atomic E-state index is 0.384. The van der Waals surface area contributed by atoms with E-state index in [-0.39, 0.29) is 0 Å². The molecule has 0 aliphatic heterocycles. The molecule has 25 heavy (non-hydrogen) atoms. The second-order valence-electron chi connectivity index (χ2n) is 5.20. The molecule has 0 aromatic heterocycles. The lowest BCUT2D eigenvalue weighted by molar-refractivity contribution is 0.123. The van der Waals surface area contributed by atoms with E-state index in [4.69, 9.17) is 20.5 Å². The molecule has 0 atom stereocenters. The molecule has 134 valence electrons. The molecule has 0 amide bonds. The molecule has 5 nitrogen and oxygen atoms in total. The molecular weight excluding hydrogens is 314 g/mol. The van der Waals surface area contributed by atoms with Crippen LogP contribution >= 0.6 is 0 Å². The van der Waals surface area contributed by atoms with E-state index in [9.17, 15) is 0 Å². The van der Waals surface area contributed by atoms with Crippen molar-refractivity contribution in [1.82, 2.24) is 5.32 Å². The number of nitrogens with one attached hydrogen (secondary N) is 1. The molecular formula is C20H27N3O2. The zero-order chi connectivity index (χ0) is 18.0. The summed E-state index contributed by atoms with van der Waals surface area (Å²) in [4.78, 5) is 0. The third-order valence-electron chi connectivity index (χ3n) is 3.11. The molecule has 0 aliphatic carbocycles. The van der Waals surface area contributed by atoms with Gasteiger partial charge in [0.05, 0.1) is 39.0 Å². The number of hydrogen-bond acceptors (Lipinski definition) is 5. The van der Waals surface area contributed by atoms with Crippen LogP contribution in [0.15, 0.2) is 60.7 Å². The van der Waals surface area contributed by atoms with Crippen LogP contribution in [0.4, 0.5) is 0 Å². The van der Waals surface area contributed by atoms with E-state index < -0.39 is 0 Å². The normalized spacial score (nSPS) is 9.76. The maximum absolute atomic E-state index is 8.25. The van der Waals surface area contributed by atoms with Crippen molar-refractivity contribution >= 4 is 0 Å². The summed E-state index contributed by atoms with van der Waals surface area (Å²) in [6, 6.07) is 22.1. The van der Waals surface area contributed by atoms with Gasteiger partial charge in [-0.15, -0.1) is 0 Å². The first-order valence-electron chi connectivity index (χ1n) is 8.38. The highest BCUT2D eigenvalue weighted by Crippen LogP contribution is 2.00. The average molecular weight is 341 g/mol. The SMILES string of the molecule is N#CCNCCOCc1ccccc1.NCCOCc1ccccc1. The number of hydrogen-bond donors (Lipinski definition) is 2. The Bertz CT molecular complexity index is 571. The number of rotatable bonds is 10. The van der Waals surface area contributed by atoms with Crippen molar-refractivity contribution in [1.29, 1.82) is 5.26 Å². The van der Waals surface area contributed by atoms with Crippen LogP contribution in [-0.4, -0.2) is 32.8 Å². The fourth-order valence-electron chi connectivity index (χ4n) is 1.90. The lowest BCUT2D eigenvalue weighted by Gasteiger charge is -2.03. The third-order valence-corrected chi connectivity index (χ3v) is 3.11. The van der Waals surface area contributed by atoms with Gasteiger partial charge < -0.3 is 20.5 Å². The van der Waals surface area contributed by atoms with Crippen LogP contribution in [0.1, 0.15) is 11.1 Å². The summed E-state index contributed by atoms with van der Waals surface area (Å²) in [5.74, 6) is 0. The standard InChI is InChI=1S/C11H14N2O.C9H13NO/c12-6-7-13-8-9-14-10-11-4-2-1-3-5-11;10-6-7-11-8-9-4-2-1-3-5-9/h1-5,13H,7-10H2;1-5H,6-8,10H2. The molecule has 3 N–H and O–H groups in total. The highest BCUT2D eigenvalue weighted by molar-refractivity contribution is 5.14. The van der Waals surface area contributed by atoms with Gasteiger partial charge in [-0.25, -0.2) is 0 Å². The number of nitrogens with zero attached hydrogens (tertiary/aromatic N) is 1. The van der Waals surface area contributed by atoms with Gasteiger partial charge in [0.25, 0.3) is 0 Å². The van der Waals surface area contributed by atoms with Crippen molar-refractivity contribution in [2.75, 3.05) is 32.8 Å². The largest absolute Gasteiger partial charge is 0.375 e. The maximum atomic E-state index is 8.25. The van der Waals surface area contributed by atoms with E-state index in [0.717, 1.165) is 6.54 Å². The Morgan fingerprint density at radius 2 is 1.36 bits per heavy atom. The maximum Gasteiger partial charge on any atom is 0.0841 e. The van der Waals surface area contributed by atoms with Crippen LogP contribution in [0.2, 0.25) is 0 Å². The summed E-state index contributed by atoms with van der Waals surface area (Å²) in [5, 5.41) is 11.2. The Morgan fingerprint density at radius 1 is 0.840 bits per heavy atom. The Kier molecular flexibility index (Phi) is 12.7. The number of nitrogens with two attached hydrogens (primary N) is 1. The number of benzene rings is 2. The van der Waals surface area contributed by atoms with Gasteiger partial charge in [-0.05, 0) is 11.1 Å². The zero-order valence-corrected chi connectivity index (χ0v) is 14.6. The molecule has 5 heteroatoms. The van der Waals surface area contributed by atoms with E-state index in [1.54, 1.807) is 0 Å². The Labute approximate surface area is 150 Å². The summed E-state index contributed by atoms with van der Waals surface area (Å²) < 4.78 is 10.6. The number of nitriles is 1. The molecule has 2 aromatic carbocycles. The fraction of sp³-hybridized carbons (Fsp3) is 0.350. The van der Waals surface area contributed by atoms with Crippen LogP contribution < -0.4 is 11.1 Å². The summed E-state index contributed by atoms with van der Waals surface area (Å²) in [6.07, 6.45) is 0. The monoisotopic (exact) mass is 341 g/mol. The summed E-state index contributed by atoms with van der Waals surface area (Å²) in [6.45, 7) is 4.26. The third kappa shape index (κ3) is 11.9. The van der Waals surface area contributed by atoms with Gasteiger partial charge in [0, 0.05) is 13.1 Å². The minimum Gasteiger partial charge on any atom is -0.375 e. The lowest BCUT2D eigenvalue weighted by Crippen LogP contribution is -2.19. The number of ether oxygens (including phenoxy) is 2. The lowest BCUT2D eigenvalue weighted by atomic mass is 10.2. The molecule has 0 spiro atoms. The first-order valence-corrected chi connectivity index (χ1v) is 8.38. The van der Waals surface area contributed by atoms with Crippen molar-refractivity contribution < 1.29 is 9.47 Å². The molecule has 0 radical (unpaired) electrons. The minimum absolute atomic E-state index is 0.384. The molecule has 0 saturated heterocycles. The summed E-state index contributed by atoms with van der Waals surface area (Å²) in [5.41, 5.74) is 7.64. The Morgan fingerprint density at radius 3 is 1.84 bits per heavy atom. The van der Waals surface area contributed by atoms with Gasteiger partial charge in [-0.2, -0.15) is 5.26 Å². The predicted molar refractivity (Wildman–Crippen MR) is 99.7 cm³/mol. The Balaban J connectivity index is 0.000000257. The Hall–Kier alpha value is -2.23. The van der Waals surface area contributed by atoms with Gasteiger partial charge in [0.15, 0.2) is 0 Å². The van der Waals surface area contributed by atoms with Crippen LogP contribution in [0.5, 0.6) is 0 Å². The fourth-order valence-corrected chi connectivity index (χ4v) is 1.90. The highest BCUT2D eigenvalue weighted by atomic mass is 16.5. The second-order valence-corrected chi connectivity index (χ2v) is 5.20. The topological polar surface area (TPSA) is 80.3 Å². The van der Waals surface area contributed by atoms with Crippen LogP contribution in [0.3, 0.4) is 0 Å². The van der Waals surface area contributed by atoms with E-state index >= 15 is 0 Å². The molecule has 0 saturated carbocycles. The van der Waals surface area contributed by atoms with Gasteiger partial charge in [-0.1, -0.05) is 60.7 Å². The summed E-state index contributed by atoms with van der Waals surface area (Å²) >= 11 is 0. The first-order chi connectivity index (χ1) is 12.4. The zero-order valence-electron chi connectivity index (χ0n) is 14.6. The molecule has 0 fully saturated rings. The second kappa shape index (κ2) is 15.3. The van der Waals surface area contributed by atoms with E-state index in [2.05, 4.69) is 5.32 Å². The molecule has 2 rings (SSSR count). The first kappa shape index (κ1) is 20.8. The van der Waals surface area contributed by atoms with Gasteiger partial charge in [0.1, 0.15) is 0 Å². The molecule has 2 aromatic rings. The van der Waals surface area contributed by atoms with Crippen molar-refractivity contribution in [3.8, 4) is 6.07 Å². The molecule has 0 aliphatic rings. The van der Waals surface area contributed by atoms with E-state index in [0.29, 0.717) is 39.5 Å². The van der Waals surface area contributed by atoms with E-state index in [1.807, 2.05) is 66.7 Å². The smallest absolute Gasteiger partial charge is 0.0841 e. The molecule has 0 unspecified atom stereocenters. The van der Waals surface area contributed by atoms with Gasteiger partial charge in [-0.3, -0.25) is 0 Å². The van der Waals surface area contributed by atoms with Gasteiger partial charge in [0.2, 0.25) is 0 Å². The quantitative estimate of drug-likeness (QED) is 0.513. The highest BCUT2D eigenvalue weighted by Gasteiger charge is 1.91. The van der Waals surface area contributed by atoms with Crippen LogP contribution in [0.25, 0.3) is 0 Å². The van der Waals surface area contributed by atoms with Gasteiger partial charge >= 0.3 is 0 Å². The summed E-state index contributed by atoms with van der Waals surface area (Å²) in [7, 11) is 0. The predicted octanol–water partition coefficient (Wildman–Crippen LogP) is 2.48. The van der Waals surface area contributed by atoms with Crippen molar-refractivity contribution in [3.63, 3.8) is 0 Å². The molecule has 0 heterocycles. The van der Waals surface area contributed by atoms with E-state index in [1.165, 1.54) is 11.1 Å². The van der Waals surface area contributed by atoms with Crippen molar-refractivity contribution in [2.24, 2.45) is 5.73 Å². The van der Waals surface area contributed by atoms with Crippen molar-refractivity contribution in [3.05, 3.63) is 71.8 Å². The average Bonchev–Trinajstić information content (AvgIpc) is 2.67.